The van der Waals surface area contributed by atoms with Crippen molar-refractivity contribution in [2.75, 3.05) is 7.11 Å². The Morgan fingerprint density at radius 3 is 2.30 bits per heavy atom. The third kappa shape index (κ3) is 2.89. The average Bonchev–Trinajstić information content (AvgIpc) is 2.43. The van der Waals surface area contributed by atoms with Gasteiger partial charge in [0.15, 0.2) is 5.69 Å². The third-order valence-corrected chi connectivity index (χ3v) is 2.72. The molecule has 0 spiro atoms. The molecule has 0 bridgehead atoms. The topological polar surface area (TPSA) is 101 Å². The van der Waals surface area contributed by atoms with E-state index in [9.17, 15) is 14.4 Å². The van der Waals surface area contributed by atoms with E-state index in [1.807, 2.05) is 4.98 Å². The van der Waals surface area contributed by atoms with Gasteiger partial charge in [-0.1, -0.05) is 11.6 Å². The van der Waals surface area contributed by atoms with Crippen LogP contribution in [0.25, 0.3) is 0 Å². The number of methoxy groups -OCH3 is 1. The zero-order valence-electron chi connectivity index (χ0n) is 10.2. The molecule has 2 rings (SSSR count). The summed E-state index contributed by atoms with van der Waals surface area (Å²) in [6.45, 7) is 0. The van der Waals surface area contributed by atoms with Crippen molar-refractivity contribution in [3.63, 3.8) is 0 Å². The Bertz CT molecular complexity index is 748. The van der Waals surface area contributed by atoms with Crippen LogP contribution in [0, 0.1) is 0 Å². The standard InChI is InChI=1S/C12H9ClN2O5/c1-19-6-2-4-7(5-3-6)20-11(17)9-8(13)10(16)15-12(18)14-9/h2-5H,1H3,(H2,14,15,16,18). The number of benzene rings is 1. The van der Waals surface area contributed by atoms with Crippen LogP contribution >= 0.6 is 11.6 Å². The smallest absolute Gasteiger partial charge is 0.362 e. The maximum Gasteiger partial charge on any atom is 0.362 e. The van der Waals surface area contributed by atoms with Crippen molar-refractivity contribution in [2.24, 2.45) is 0 Å². The van der Waals surface area contributed by atoms with Gasteiger partial charge in [-0.3, -0.25) is 14.8 Å². The van der Waals surface area contributed by atoms with E-state index in [4.69, 9.17) is 21.1 Å². The van der Waals surface area contributed by atoms with E-state index in [-0.39, 0.29) is 5.75 Å². The molecule has 0 fully saturated rings. The Morgan fingerprint density at radius 1 is 1.10 bits per heavy atom. The summed E-state index contributed by atoms with van der Waals surface area (Å²) in [5.74, 6) is -0.135. The molecular weight excluding hydrogens is 288 g/mol. The Hall–Kier alpha value is -2.54. The molecule has 1 aromatic carbocycles. The molecule has 0 aliphatic rings. The highest BCUT2D eigenvalue weighted by Gasteiger charge is 2.17. The first kappa shape index (κ1) is 13.9. The molecule has 0 saturated heterocycles. The predicted octanol–water partition coefficient (Wildman–Crippen LogP) is 0.944. The molecule has 1 aromatic heterocycles. The molecule has 0 aliphatic carbocycles. The molecule has 0 aliphatic heterocycles. The van der Waals surface area contributed by atoms with Crippen LogP contribution in [-0.2, 0) is 0 Å². The van der Waals surface area contributed by atoms with Gasteiger partial charge in [0.1, 0.15) is 16.5 Å². The van der Waals surface area contributed by atoms with Gasteiger partial charge in [-0.05, 0) is 24.3 Å². The molecule has 2 N–H and O–H groups in total. The van der Waals surface area contributed by atoms with Crippen LogP contribution in [0.5, 0.6) is 11.5 Å². The van der Waals surface area contributed by atoms with Crippen molar-refractivity contribution in [1.29, 1.82) is 0 Å². The Labute approximate surface area is 117 Å². The second-order valence-electron chi connectivity index (χ2n) is 3.66. The van der Waals surface area contributed by atoms with Crippen LogP contribution in [0.4, 0.5) is 0 Å². The molecule has 0 saturated carbocycles. The van der Waals surface area contributed by atoms with Crippen LogP contribution in [0.1, 0.15) is 10.5 Å². The summed E-state index contributed by atoms with van der Waals surface area (Å²) in [5.41, 5.74) is -2.12. The van der Waals surface area contributed by atoms with Gasteiger partial charge < -0.3 is 9.47 Å². The molecule has 1 heterocycles. The number of esters is 1. The lowest BCUT2D eigenvalue weighted by atomic mass is 10.3. The summed E-state index contributed by atoms with van der Waals surface area (Å²) < 4.78 is 9.94. The summed E-state index contributed by atoms with van der Waals surface area (Å²) in [6.07, 6.45) is 0. The van der Waals surface area contributed by atoms with Gasteiger partial charge in [0.25, 0.3) is 5.56 Å². The zero-order chi connectivity index (χ0) is 14.7. The van der Waals surface area contributed by atoms with E-state index >= 15 is 0 Å². The molecule has 20 heavy (non-hydrogen) atoms. The first-order valence-electron chi connectivity index (χ1n) is 5.39. The minimum atomic E-state index is -0.941. The molecule has 2 aromatic rings. The van der Waals surface area contributed by atoms with Crippen LogP contribution in [-0.4, -0.2) is 23.0 Å². The number of hydrogen-bond donors (Lipinski definition) is 2. The number of carbonyl (C=O) groups is 1. The highest BCUT2D eigenvalue weighted by molar-refractivity contribution is 6.33. The first-order valence-corrected chi connectivity index (χ1v) is 5.77. The lowest BCUT2D eigenvalue weighted by Gasteiger charge is -2.05. The van der Waals surface area contributed by atoms with E-state index in [0.717, 1.165) is 0 Å². The van der Waals surface area contributed by atoms with Crippen molar-refractivity contribution in [1.82, 2.24) is 9.97 Å². The predicted molar refractivity (Wildman–Crippen MR) is 70.6 cm³/mol. The van der Waals surface area contributed by atoms with Crippen molar-refractivity contribution >= 4 is 17.6 Å². The van der Waals surface area contributed by atoms with Gasteiger partial charge in [-0.2, -0.15) is 0 Å². The van der Waals surface area contributed by atoms with Crippen LogP contribution in [0.3, 0.4) is 0 Å². The van der Waals surface area contributed by atoms with Crippen LogP contribution < -0.4 is 20.7 Å². The van der Waals surface area contributed by atoms with E-state index in [0.29, 0.717) is 5.75 Å². The minimum absolute atomic E-state index is 0.216. The number of aromatic amines is 2. The number of rotatable bonds is 3. The minimum Gasteiger partial charge on any atom is -0.497 e. The number of aromatic nitrogens is 2. The number of ether oxygens (including phenoxy) is 2. The second-order valence-corrected chi connectivity index (χ2v) is 4.04. The fourth-order valence-electron chi connectivity index (χ4n) is 1.41. The molecule has 8 heteroatoms. The Balaban J connectivity index is 2.28. The molecule has 0 radical (unpaired) electrons. The Morgan fingerprint density at radius 2 is 1.70 bits per heavy atom. The summed E-state index contributed by atoms with van der Waals surface area (Å²) in [5, 5.41) is -0.442. The fraction of sp³-hybridized carbons (Fsp3) is 0.0833. The van der Waals surface area contributed by atoms with Gasteiger partial charge in [0, 0.05) is 0 Å². The molecule has 7 nitrogen and oxygen atoms in total. The third-order valence-electron chi connectivity index (χ3n) is 2.36. The van der Waals surface area contributed by atoms with Crippen molar-refractivity contribution in [2.45, 2.75) is 0 Å². The van der Waals surface area contributed by atoms with Gasteiger partial charge in [0.2, 0.25) is 0 Å². The summed E-state index contributed by atoms with van der Waals surface area (Å²) in [6, 6.07) is 6.17. The van der Waals surface area contributed by atoms with Gasteiger partial charge in [-0.25, -0.2) is 9.59 Å². The molecule has 104 valence electrons. The van der Waals surface area contributed by atoms with E-state index in [1.54, 1.807) is 12.1 Å². The lowest BCUT2D eigenvalue weighted by Crippen LogP contribution is -2.28. The molecule has 0 atom stereocenters. The highest BCUT2D eigenvalue weighted by Crippen LogP contribution is 2.18. The largest absolute Gasteiger partial charge is 0.497 e. The average molecular weight is 297 g/mol. The summed E-state index contributed by atoms with van der Waals surface area (Å²) >= 11 is 5.64. The maximum absolute atomic E-state index is 11.8. The quantitative estimate of drug-likeness (QED) is 0.648. The van der Waals surface area contributed by atoms with Crippen molar-refractivity contribution in [3.05, 3.63) is 55.8 Å². The lowest BCUT2D eigenvalue weighted by molar-refractivity contribution is 0.0728. The molecule has 0 unspecified atom stereocenters. The SMILES string of the molecule is COc1ccc(OC(=O)c2[nH]c(=O)[nH]c(=O)c2Cl)cc1. The monoisotopic (exact) mass is 296 g/mol. The highest BCUT2D eigenvalue weighted by atomic mass is 35.5. The van der Waals surface area contributed by atoms with Crippen molar-refractivity contribution in [3.8, 4) is 11.5 Å². The number of nitrogens with one attached hydrogen (secondary N) is 2. The van der Waals surface area contributed by atoms with Gasteiger partial charge in [0.05, 0.1) is 7.11 Å². The maximum atomic E-state index is 11.8. The van der Waals surface area contributed by atoms with E-state index in [2.05, 4.69) is 4.98 Å². The number of H-pyrrole nitrogens is 2. The van der Waals surface area contributed by atoms with Gasteiger partial charge in [-0.15, -0.1) is 0 Å². The second kappa shape index (κ2) is 5.62. The zero-order valence-corrected chi connectivity index (χ0v) is 11.0. The van der Waals surface area contributed by atoms with Crippen LogP contribution in [0.15, 0.2) is 33.9 Å². The summed E-state index contributed by atoms with van der Waals surface area (Å²) in [7, 11) is 1.50. The van der Waals surface area contributed by atoms with Gasteiger partial charge >= 0.3 is 11.7 Å². The Kier molecular flexibility index (Phi) is 3.90. The number of carbonyl (C=O) groups excluding carboxylic acids is 1. The van der Waals surface area contributed by atoms with Crippen molar-refractivity contribution < 1.29 is 14.3 Å². The number of halogens is 1. The van der Waals surface area contributed by atoms with Crippen LogP contribution in [0.2, 0.25) is 5.02 Å². The van der Waals surface area contributed by atoms with E-state index < -0.39 is 27.9 Å². The molecular formula is C12H9ClN2O5. The van der Waals surface area contributed by atoms with E-state index in [1.165, 1.54) is 19.2 Å². The number of hydrogen-bond acceptors (Lipinski definition) is 5. The fourth-order valence-corrected chi connectivity index (χ4v) is 1.59. The first-order chi connectivity index (χ1) is 9.51. The summed E-state index contributed by atoms with van der Waals surface area (Å²) in [4.78, 5) is 38.2. The molecule has 0 amide bonds. The normalized spacial score (nSPS) is 10.1.